The number of hydrogen-bond donors (Lipinski definition) is 1. The molecule has 4 aliphatic carbocycles. The Hall–Kier alpha value is -1.46. The van der Waals surface area contributed by atoms with Crippen molar-refractivity contribution in [3.8, 4) is 0 Å². The third kappa shape index (κ3) is 2.26. The molecule has 2 N–H and O–H groups in total. The van der Waals surface area contributed by atoms with Gasteiger partial charge < -0.3 is 5.73 Å². The lowest BCUT2D eigenvalue weighted by molar-refractivity contribution is -0.179. The minimum Gasteiger partial charge on any atom is -0.369 e. The van der Waals surface area contributed by atoms with Gasteiger partial charge in [0.15, 0.2) is 0 Å². The van der Waals surface area contributed by atoms with Crippen molar-refractivity contribution in [3.05, 3.63) is 28.2 Å². The van der Waals surface area contributed by atoms with E-state index in [1.807, 2.05) is 36.0 Å². The van der Waals surface area contributed by atoms with Crippen LogP contribution in [0.5, 0.6) is 0 Å². The van der Waals surface area contributed by atoms with Crippen molar-refractivity contribution in [2.75, 3.05) is 5.01 Å². The molecule has 5 aliphatic rings. The lowest BCUT2D eigenvalue weighted by Crippen LogP contribution is -2.80. The van der Waals surface area contributed by atoms with Crippen LogP contribution in [0.25, 0.3) is 0 Å². The molecule has 2 amide bonds. The summed E-state index contributed by atoms with van der Waals surface area (Å²) in [5, 5.41) is 4.88. The number of nitrogens with two attached hydrogens (primary N) is 1. The number of primary amides is 1. The molecule has 1 saturated heterocycles. The quantitative estimate of drug-likeness (QED) is 0.801. The van der Waals surface area contributed by atoms with Gasteiger partial charge in [0.25, 0.3) is 5.91 Å². The number of hydrogen-bond acceptors (Lipinski definition) is 3. The van der Waals surface area contributed by atoms with Gasteiger partial charge in [0.05, 0.1) is 21.8 Å². The van der Waals surface area contributed by atoms with Gasteiger partial charge in [-0.1, -0.05) is 29.3 Å². The highest BCUT2D eigenvalue weighted by Crippen LogP contribution is 2.62. The van der Waals surface area contributed by atoms with Gasteiger partial charge in [-0.05, 0) is 75.8 Å². The maximum absolute atomic E-state index is 13.2. The van der Waals surface area contributed by atoms with E-state index in [0.29, 0.717) is 27.8 Å². The summed E-state index contributed by atoms with van der Waals surface area (Å²) in [4.78, 5) is 25.5. The van der Waals surface area contributed by atoms with E-state index >= 15 is 0 Å². The van der Waals surface area contributed by atoms with E-state index in [1.165, 1.54) is 0 Å². The largest absolute Gasteiger partial charge is 0.369 e. The zero-order valence-electron chi connectivity index (χ0n) is 16.1. The lowest BCUT2D eigenvalue weighted by Gasteiger charge is -2.67. The lowest BCUT2D eigenvalue weighted by atomic mass is 9.47. The Kier molecular flexibility index (Phi) is 3.84. The van der Waals surface area contributed by atoms with Crippen LogP contribution in [0.3, 0.4) is 0 Å². The molecule has 150 valence electrons. The highest BCUT2D eigenvalue weighted by molar-refractivity contribution is 6.43. The molecule has 0 aromatic heterocycles. The van der Waals surface area contributed by atoms with Crippen molar-refractivity contribution in [1.29, 1.82) is 0 Å². The predicted octanol–water partition coefficient (Wildman–Crippen LogP) is 4.02. The molecule has 4 saturated carbocycles. The molecule has 7 heteroatoms. The Morgan fingerprint density at radius 2 is 1.79 bits per heavy atom. The second-order valence-electron chi connectivity index (χ2n) is 9.70. The van der Waals surface area contributed by atoms with Gasteiger partial charge in [0.1, 0.15) is 5.54 Å². The van der Waals surface area contributed by atoms with Crippen LogP contribution in [-0.4, -0.2) is 28.4 Å². The molecule has 1 aromatic rings. The number of amides is 2. The second kappa shape index (κ2) is 5.79. The van der Waals surface area contributed by atoms with Gasteiger partial charge in [0, 0.05) is 5.41 Å². The minimum absolute atomic E-state index is 0.0969. The summed E-state index contributed by atoms with van der Waals surface area (Å²) in [5.74, 6) is 1.11. The molecular weight excluding hydrogens is 397 g/mol. The average molecular weight is 422 g/mol. The fraction of sp³-hybridized carbons (Fsp3) is 0.619. The second-order valence-corrected chi connectivity index (χ2v) is 10.5. The van der Waals surface area contributed by atoms with Crippen LogP contribution in [0.4, 0.5) is 5.69 Å². The number of hydrazine groups is 1. The number of anilines is 1. The molecule has 1 aromatic carbocycles. The third-order valence-electron chi connectivity index (χ3n) is 7.66. The van der Waals surface area contributed by atoms with Crippen LogP contribution in [0.15, 0.2) is 18.2 Å². The maximum Gasteiger partial charge on any atom is 0.268 e. The number of nitrogens with zero attached hydrogens (tertiary/aromatic N) is 2. The topological polar surface area (TPSA) is 66.6 Å². The maximum atomic E-state index is 13.2. The average Bonchev–Trinajstić information content (AvgIpc) is 2.62. The molecule has 0 radical (unpaired) electrons. The summed E-state index contributed by atoms with van der Waals surface area (Å²) < 4.78 is 0. The molecule has 5 atom stereocenters. The van der Waals surface area contributed by atoms with Gasteiger partial charge in [-0.3, -0.25) is 14.6 Å². The van der Waals surface area contributed by atoms with Crippen LogP contribution in [-0.2, 0) is 9.59 Å². The first-order chi connectivity index (χ1) is 13.2. The Bertz CT molecular complexity index is 870. The van der Waals surface area contributed by atoms with Crippen LogP contribution < -0.4 is 10.7 Å². The first-order valence-electron chi connectivity index (χ1n) is 10.0. The van der Waals surface area contributed by atoms with Gasteiger partial charge in [0.2, 0.25) is 5.91 Å². The highest BCUT2D eigenvalue weighted by atomic mass is 35.5. The normalized spacial score (nSPS) is 37.9. The van der Waals surface area contributed by atoms with Crippen molar-refractivity contribution >= 4 is 40.7 Å². The van der Waals surface area contributed by atoms with Crippen LogP contribution in [0, 0.1) is 23.2 Å². The Morgan fingerprint density at radius 1 is 1.14 bits per heavy atom. The van der Waals surface area contributed by atoms with E-state index in [-0.39, 0.29) is 23.3 Å². The summed E-state index contributed by atoms with van der Waals surface area (Å²) in [6, 6.07) is 5.63. The van der Waals surface area contributed by atoms with Gasteiger partial charge >= 0.3 is 0 Å². The molecule has 0 spiro atoms. The molecular formula is C21H25Cl2N3O2. The number of benzene rings is 1. The first kappa shape index (κ1) is 18.6. The van der Waals surface area contributed by atoms with Crippen molar-refractivity contribution in [2.24, 2.45) is 28.9 Å². The first-order valence-corrected chi connectivity index (χ1v) is 10.8. The van der Waals surface area contributed by atoms with E-state index in [9.17, 15) is 9.59 Å². The Labute approximate surface area is 175 Å². The molecule has 4 bridgehead atoms. The van der Waals surface area contributed by atoms with E-state index < -0.39 is 5.54 Å². The summed E-state index contributed by atoms with van der Waals surface area (Å²) in [6.45, 7) is 3.84. The molecule has 5 nitrogen and oxygen atoms in total. The fourth-order valence-electron chi connectivity index (χ4n) is 6.73. The highest BCUT2D eigenvalue weighted by Gasteiger charge is 2.65. The minimum atomic E-state index is -0.676. The van der Waals surface area contributed by atoms with Crippen molar-refractivity contribution in [1.82, 2.24) is 5.01 Å². The molecule has 1 heterocycles. The van der Waals surface area contributed by atoms with Crippen molar-refractivity contribution < 1.29 is 9.59 Å². The van der Waals surface area contributed by atoms with Gasteiger partial charge in [-0.15, -0.1) is 0 Å². The van der Waals surface area contributed by atoms with Crippen molar-refractivity contribution in [3.63, 3.8) is 0 Å². The van der Waals surface area contributed by atoms with E-state index in [1.54, 1.807) is 6.07 Å². The molecule has 5 fully saturated rings. The Balaban J connectivity index is 1.53. The van der Waals surface area contributed by atoms with Gasteiger partial charge in [-0.2, -0.15) is 0 Å². The number of carbonyl (C=O) groups excluding carboxylic acids is 2. The fourth-order valence-corrected chi connectivity index (χ4v) is 7.10. The smallest absolute Gasteiger partial charge is 0.268 e. The number of carbonyl (C=O) groups is 2. The van der Waals surface area contributed by atoms with Crippen LogP contribution >= 0.6 is 23.2 Å². The molecule has 1 aliphatic heterocycles. The number of rotatable bonds is 3. The SMILES string of the molecule is CC1(C)C(=O)N([C@@H]2C3CC4C[C@H]2C[C@@](C(N)=O)(C4)C3)N1c1cccc(Cl)c1Cl. The summed E-state index contributed by atoms with van der Waals surface area (Å²) >= 11 is 12.8. The monoisotopic (exact) mass is 421 g/mol. The number of halogens is 2. The zero-order chi connectivity index (χ0) is 20.0. The van der Waals surface area contributed by atoms with Gasteiger partial charge in [-0.25, -0.2) is 5.01 Å². The van der Waals surface area contributed by atoms with E-state index in [4.69, 9.17) is 28.9 Å². The summed E-state index contributed by atoms with van der Waals surface area (Å²) in [5.41, 5.74) is 5.54. The summed E-state index contributed by atoms with van der Waals surface area (Å²) in [6.07, 6.45) is 4.64. The third-order valence-corrected chi connectivity index (χ3v) is 8.47. The molecule has 2 unspecified atom stereocenters. The summed E-state index contributed by atoms with van der Waals surface area (Å²) in [7, 11) is 0. The Morgan fingerprint density at radius 3 is 2.39 bits per heavy atom. The zero-order valence-corrected chi connectivity index (χ0v) is 17.6. The van der Waals surface area contributed by atoms with Crippen molar-refractivity contribution in [2.45, 2.75) is 57.5 Å². The van der Waals surface area contributed by atoms with Crippen LogP contribution in [0.2, 0.25) is 10.0 Å². The van der Waals surface area contributed by atoms with Crippen LogP contribution in [0.1, 0.15) is 46.0 Å². The van der Waals surface area contributed by atoms with E-state index in [0.717, 1.165) is 37.8 Å². The molecule has 28 heavy (non-hydrogen) atoms. The standard InChI is InChI=1S/C21H25Cl2N3O2/c1-20(2)19(28)25(26(20)15-5-3-4-14(22)16(15)23)17-12-6-11-7-13(17)10-21(8-11,9-12)18(24)27/h3-5,11-13,17H,6-10H2,1-2H3,(H2,24,27)/t11?,12-,13?,17-,21-/m0/s1. The molecule has 6 rings (SSSR count). The predicted molar refractivity (Wildman–Crippen MR) is 109 cm³/mol. The van der Waals surface area contributed by atoms with E-state index in [2.05, 4.69) is 0 Å².